The van der Waals surface area contributed by atoms with Crippen LogP contribution in [0.4, 0.5) is 5.69 Å². The lowest BCUT2D eigenvalue weighted by atomic mass is 10.2. The Hall–Kier alpha value is -2.38. The Morgan fingerprint density at radius 1 is 1.21 bits per heavy atom. The fourth-order valence-electron chi connectivity index (χ4n) is 2.01. The number of amides is 1. The molecule has 0 atom stereocenters. The summed E-state index contributed by atoms with van der Waals surface area (Å²) in [4.78, 5) is 20.9. The molecule has 2 heterocycles. The summed E-state index contributed by atoms with van der Waals surface area (Å²) in [6, 6.07) is 11.3. The molecule has 3 aromatic rings. The molecule has 0 aliphatic carbocycles. The number of nitrogens with zero attached hydrogens (tertiary/aromatic N) is 2. The molecule has 0 bridgehead atoms. The maximum Gasteiger partial charge on any atom is 0.275 e. The molecule has 5 nitrogen and oxygen atoms in total. The zero-order valence-corrected chi connectivity index (χ0v) is 14.8. The standard InChI is InChI=1S/C17H15N3O2S2/c1-22-13-6-3-11(4-7-13)17-20-14(10-24-17)16(21)19-12-5-8-15(23-2)18-9-12/h3-10H,1-2H3,(H,19,21). The zero-order chi connectivity index (χ0) is 16.9. The van der Waals surface area contributed by atoms with Crippen molar-refractivity contribution in [1.29, 1.82) is 0 Å². The molecule has 1 amide bonds. The third-order valence-corrected chi connectivity index (χ3v) is 4.83. The van der Waals surface area contributed by atoms with Crippen LogP contribution in [-0.2, 0) is 0 Å². The highest BCUT2D eigenvalue weighted by molar-refractivity contribution is 7.98. The summed E-state index contributed by atoms with van der Waals surface area (Å²) in [6.45, 7) is 0. The predicted molar refractivity (Wildman–Crippen MR) is 98.1 cm³/mol. The molecule has 1 N–H and O–H groups in total. The van der Waals surface area contributed by atoms with Crippen LogP contribution < -0.4 is 10.1 Å². The quantitative estimate of drug-likeness (QED) is 0.694. The lowest BCUT2D eigenvalue weighted by molar-refractivity contribution is 0.102. The Labute approximate surface area is 148 Å². The van der Waals surface area contributed by atoms with Gasteiger partial charge in [0, 0.05) is 10.9 Å². The Kier molecular flexibility index (Phi) is 5.12. The molecule has 1 aromatic carbocycles. The third kappa shape index (κ3) is 3.74. The fourth-order valence-corrected chi connectivity index (χ4v) is 3.18. The third-order valence-electron chi connectivity index (χ3n) is 3.28. The molecule has 24 heavy (non-hydrogen) atoms. The van der Waals surface area contributed by atoms with E-state index in [-0.39, 0.29) is 5.91 Å². The Morgan fingerprint density at radius 2 is 2.00 bits per heavy atom. The van der Waals surface area contributed by atoms with Crippen LogP contribution in [0.1, 0.15) is 10.5 Å². The van der Waals surface area contributed by atoms with E-state index in [1.54, 1.807) is 30.4 Å². The summed E-state index contributed by atoms with van der Waals surface area (Å²) in [6.07, 6.45) is 3.59. The summed E-state index contributed by atoms with van der Waals surface area (Å²) in [7, 11) is 1.63. The van der Waals surface area contributed by atoms with Gasteiger partial charge in [0.2, 0.25) is 0 Å². The van der Waals surface area contributed by atoms with Crippen molar-refractivity contribution in [2.24, 2.45) is 0 Å². The zero-order valence-electron chi connectivity index (χ0n) is 13.1. The maximum absolute atomic E-state index is 12.3. The first-order chi connectivity index (χ1) is 11.7. The minimum atomic E-state index is -0.246. The number of thioether (sulfide) groups is 1. The molecule has 122 valence electrons. The van der Waals surface area contributed by atoms with E-state index >= 15 is 0 Å². The molecule has 7 heteroatoms. The number of rotatable bonds is 5. The van der Waals surface area contributed by atoms with E-state index in [9.17, 15) is 4.79 Å². The second kappa shape index (κ2) is 7.46. The maximum atomic E-state index is 12.3. The van der Waals surface area contributed by atoms with Crippen molar-refractivity contribution in [1.82, 2.24) is 9.97 Å². The smallest absolute Gasteiger partial charge is 0.275 e. The summed E-state index contributed by atoms with van der Waals surface area (Å²) < 4.78 is 5.14. The Balaban J connectivity index is 1.72. The van der Waals surface area contributed by atoms with Gasteiger partial charge in [-0.1, -0.05) is 0 Å². The van der Waals surface area contributed by atoms with Crippen molar-refractivity contribution in [2.75, 3.05) is 18.7 Å². The van der Waals surface area contributed by atoms with E-state index in [1.807, 2.05) is 42.7 Å². The van der Waals surface area contributed by atoms with E-state index in [4.69, 9.17) is 4.74 Å². The van der Waals surface area contributed by atoms with Crippen LogP contribution in [0, 0.1) is 0 Å². The van der Waals surface area contributed by atoms with Gasteiger partial charge in [-0.3, -0.25) is 4.79 Å². The molecule has 0 spiro atoms. The predicted octanol–water partition coefficient (Wildman–Crippen LogP) is 4.19. The molecule has 0 fully saturated rings. The Bertz CT molecular complexity index is 830. The van der Waals surface area contributed by atoms with Gasteiger partial charge in [-0.25, -0.2) is 9.97 Å². The van der Waals surface area contributed by atoms with Crippen LogP contribution in [0.5, 0.6) is 5.75 Å². The van der Waals surface area contributed by atoms with Crippen molar-refractivity contribution < 1.29 is 9.53 Å². The molecule has 0 saturated carbocycles. The number of aromatic nitrogens is 2. The number of pyridine rings is 1. The van der Waals surface area contributed by atoms with E-state index in [0.29, 0.717) is 11.4 Å². The lowest BCUT2D eigenvalue weighted by Gasteiger charge is -2.03. The van der Waals surface area contributed by atoms with E-state index in [0.717, 1.165) is 21.3 Å². The van der Waals surface area contributed by atoms with Crippen LogP contribution in [0.2, 0.25) is 0 Å². The molecule has 0 aliphatic rings. The number of thiazole rings is 1. The number of benzene rings is 1. The van der Waals surface area contributed by atoms with E-state index in [1.165, 1.54) is 11.3 Å². The molecule has 0 radical (unpaired) electrons. The summed E-state index contributed by atoms with van der Waals surface area (Å²) in [5.74, 6) is 0.541. The average molecular weight is 357 g/mol. The number of ether oxygens (including phenoxy) is 1. The molecule has 0 saturated heterocycles. The van der Waals surface area contributed by atoms with Gasteiger partial charge in [-0.15, -0.1) is 23.1 Å². The highest BCUT2D eigenvalue weighted by atomic mass is 32.2. The summed E-state index contributed by atoms with van der Waals surface area (Å²) >= 11 is 2.98. The van der Waals surface area contributed by atoms with Gasteiger partial charge in [0.1, 0.15) is 16.5 Å². The lowest BCUT2D eigenvalue weighted by Crippen LogP contribution is -2.12. The van der Waals surface area contributed by atoms with E-state index in [2.05, 4.69) is 15.3 Å². The van der Waals surface area contributed by atoms with Crippen molar-refractivity contribution >= 4 is 34.7 Å². The topological polar surface area (TPSA) is 64.1 Å². The molecule has 3 rings (SSSR count). The SMILES string of the molecule is COc1ccc(-c2nc(C(=O)Nc3ccc(SC)nc3)cs2)cc1. The number of methoxy groups -OCH3 is 1. The van der Waals surface area contributed by atoms with Crippen molar-refractivity contribution in [3.05, 3.63) is 53.7 Å². The highest BCUT2D eigenvalue weighted by Gasteiger charge is 2.12. The summed E-state index contributed by atoms with van der Waals surface area (Å²) in [5, 5.41) is 6.25. The number of carbonyl (C=O) groups excluding carboxylic acids is 1. The minimum Gasteiger partial charge on any atom is -0.497 e. The van der Waals surface area contributed by atoms with Gasteiger partial charge >= 0.3 is 0 Å². The van der Waals surface area contributed by atoms with Crippen molar-refractivity contribution in [3.63, 3.8) is 0 Å². The van der Waals surface area contributed by atoms with Crippen molar-refractivity contribution in [2.45, 2.75) is 5.03 Å². The van der Waals surface area contributed by atoms with Gasteiger partial charge in [0.05, 0.1) is 24.0 Å². The largest absolute Gasteiger partial charge is 0.497 e. The first-order valence-corrected chi connectivity index (χ1v) is 9.21. The second-order valence-corrected chi connectivity index (χ2v) is 6.49. The molecule has 2 aromatic heterocycles. The van der Waals surface area contributed by atoms with Gasteiger partial charge in [-0.2, -0.15) is 0 Å². The first kappa shape index (κ1) is 16.5. The van der Waals surface area contributed by atoms with Gasteiger partial charge in [0.25, 0.3) is 5.91 Å². The molecule has 0 aliphatic heterocycles. The van der Waals surface area contributed by atoms with Crippen LogP contribution in [-0.4, -0.2) is 29.2 Å². The second-order valence-electron chi connectivity index (χ2n) is 4.81. The summed E-state index contributed by atoms with van der Waals surface area (Å²) in [5.41, 5.74) is 1.99. The monoisotopic (exact) mass is 357 g/mol. The average Bonchev–Trinajstić information content (AvgIpc) is 3.13. The number of carbonyl (C=O) groups is 1. The van der Waals surface area contributed by atoms with Gasteiger partial charge in [0.15, 0.2) is 0 Å². The molecular formula is C17H15N3O2S2. The van der Waals surface area contributed by atoms with Crippen LogP contribution >= 0.6 is 23.1 Å². The fraction of sp³-hybridized carbons (Fsp3) is 0.118. The number of hydrogen-bond acceptors (Lipinski definition) is 6. The number of hydrogen-bond donors (Lipinski definition) is 1. The first-order valence-electron chi connectivity index (χ1n) is 7.11. The van der Waals surface area contributed by atoms with Crippen LogP contribution in [0.25, 0.3) is 10.6 Å². The van der Waals surface area contributed by atoms with Gasteiger partial charge < -0.3 is 10.1 Å². The normalized spacial score (nSPS) is 10.4. The van der Waals surface area contributed by atoms with Crippen molar-refractivity contribution in [3.8, 4) is 16.3 Å². The van der Waals surface area contributed by atoms with Gasteiger partial charge in [-0.05, 0) is 42.7 Å². The molecule has 0 unspecified atom stereocenters. The highest BCUT2D eigenvalue weighted by Crippen LogP contribution is 2.26. The number of anilines is 1. The Morgan fingerprint density at radius 3 is 2.62 bits per heavy atom. The van der Waals surface area contributed by atoms with Crippen LogP contribution in [0.15, 0.2) is 53.0 Å². The minimum absolute atomic E-state index is 0.246. The number of nitrogens with one attached hydrogen (secondary N) is 1. The van der Waals surface area contributed by atoms with Crippen LogP contribution in [0.3, 0.4) is 0 Å². The van der Waals surface area contributed by atoms with E-state index < -0.39 is 0 Å². The molecular weight excluding hydrogens is 342 g/mol.